The number of ether oxygens (including phenoxy) is 1. The van der Waals surface area contributed by atoms with Gasteiger partial charge in [0.2, 0.25) is 5.91 Å². The van der Waals surface area contributed by atoms with Gasteiger partial charge in [0.1, 0.15) is 6.26 Å². The summed E-state index contributed by atoms with van der Waals surface area (Å²) >= 11 is 0. The van der Waals surface area contributed by atoms with Crippen molar-refractivity contribution in [2.24, 2.45) is 22.7 Å². The van der Waals surface area contributed by atoms with E-state index >= 15 is 0 Å². The molecule has 1 saturated heterocycles. The van der Waals surface area contributed by atoms with Crippen molar-refractivity contribution in [1.29, 1.82) is 0 Å². The first kappa shape index (κ1) is 18.5. The molecule has 5 atom stereocenters. The first-order chi connectivity index (χ1) is 12.8. The van der Waals surface area contributed by atoms with Gasteiger partial charge in [-0.05, 0) is 48.3 Å². The lowest BCUT2D eigenvalue weighted by atomic mass is 9.59. The summed E-state index contributed by atoms with van der Waals surface area (Å²) in [4.78, 5) is 23.9. The van der Waals surface area contributed by atoms with Gasteiger partial charge in [-0.2, -0.15) is 0 Å². The Morgan fingerprint density at radius 3 is 2.89 bits per heavy atom. The highest BCUT2D eigenvalue weighted by Crippen LogP contribution is 2.68. The van der Waals surface area contributed by atoms with Crippen LogP contribution in [0.1, 0.15) is 56.9 Å². The topological polar surface area (TPSA) is 93.5 Å². The SMILES string of the molecule is CC(=O)N[C@H]1C(C)(C)[C@@H]2C[C@@H]3[C@@H](CCNC(=O)c4ccon4)OCC[C@@]31C2. The number of nitrogens with one attached hydrogen (secondary N) is 2. The molecule has 1 aromatic rings. The van der Waals surface area contributed by atoms with Crippen LogP contribution in [-0.4, -0.2) is 42.3 Å². The maximum atomic E-state index is 12.0. The minimum absolute atomic E-state index is 0.0525. The predicted molar refractivity (Wildman–Crippen MR) is 97.8 cm³/mol. The fourth-order valence-electron chi connectivity index (χ4n) is 6.15. The number of carbonyl (C=O) groups excluding carboxylic acids is 2. The van der Waals surface area contributed by atoms with Crippen LogP contribution in [-0.2, 0) is 9.53 Å². The summed E-state index contributed by atoms with van der Waals surface area (Å²) in [5.41, 5.74) is 0.535. The summed E-state index contributed by atoms with van der Waals surface area (Å²) in [6, 6.07) is 1.75. The van der Waals surface area contributed by atoms with Crippen LogP contribution < -0.4 is 10.6 Å². The molecule has 0 radical (unpaired) electrons. The molecule has 2 bridgehead atoms. The number of rotatable bonds is 5. The molecule has 27 heavy (non-hydrogen) atoms. The van der Waals surface area contributed by atoms with Crippen molar-refractivity contribution in [3.05, 3.63) is 18.0 Å². The zero-order valence-corrected chi connectivity index (χ0v) is 16.3. The second-order valence-corrected chi connectivity index (χ2v) is 9.02. The van der Waals surface area contributed by atoms with Gasteiger partial charge in [0, 0.05) is 32.2 Å². The zero-order valence-electron chi connectivity index (χ0n) is 16.3. The smallest absolute Gasteiger partial charge is 0.273 e. The molecule has 1 aliphatic heterocycles. The Balaban J connectivity index is 1.43. The second kappa shape index (κ2) is 6.62. The molecule has 148 valence electrons. The van der Waals surface area contributed by atoms with Gasteiger partial charge in [-0.3, -0.25) is 9.59 Å². The van der Waals surface area contributed by atoms with E-state index in [-0.39, 0.29) is 34.8 Å². The van der Waals surface area contributed by atoms with Crippen molar-refractivity contribution in [3.63, 3.8) is 0 Å². The summed E-state index contributed by atoms with van der Waals surface area (Å²) in [5, 5.41) is 9.85. The summed E-state index contributed by atoms with van der Waals surface area (Å²) in [6.07, 6.45) is 5.60. The predicted octanol–water partition coefficient (Wildman–Crippen LogP) is 2.14. The molecule has 1 spiro atoms. The van der Waals surface area contributed by atoms with Crippen molar-refractivity contribution in [3.8, 4) is 0 Å². The highest BCUT2D eigenvalue weighted by molar-refractivity contribution is 5.91. The quantitative estimate of drug-likeness (QED) is 0.822. The molecule has 0 unspecified atom stereocenters. The summed E-state index contributed by atoms with van der Waals surface area (Å²) in [5.74, 6) is 0.870. The minimum atomic E-state index is -0.223. The summed E-state index contributed by atoms with van der Waals surface area (Å²) < 4.78 is 10.8. The number of hydrogen-bond acceptors (Lipinski definition) is 5. The van der Waals surface area contributed by atoms with Gasteiger partial charge in [-0.1, -0.05) is 19.0 Å². The standard InChI is InChI=1S/C20H29N3O4/c1-12(24)22-18-19(2,3)13-10-14-16(26-9-6-20(14,18)11-13)4-7-21-17(25)15-5-8-27-23-15/h5,8,13-14,16,18H,4,6-7,9-11H2,1-3H3,(H,21,25)(H,22,24)/t13-,14-,16-,18+,20-/m1/s1. The van der Waals surface area contributed by atoms with E-state index in [1.807, 2.05) is 0 Å². The maximum Gasteiger partial charge on any atom is 0.273 e. The average Bonchev–Trinajstić information content (AvgIpc) is 3.30. The van der Waals surface area contributed by atoms with E-state index in [1.165, 1.54) is 12.7 Å². The Hall–Kier alpha value is -1.89. The highest BCUT2D eigenvalue weighted by Gasteiger charge is 2.68. The first-order valence-electron chi connectivity index (χ1n) is 9.92. The van der Waals surface area contributed by atoms with E-state index < -0.39 is 0 Å². The van der Waals surface area contributed by atoms with Crippen LogP contribution in [0.4, 0.5) is 0 Å². The average molecular weight is 375 g/mol. The Bertz CT molecular complexity index is 717. The second-order valence-electron chi connectivity index (χ2n) is 9.02. The van der Waals surface area contributed by atoms with Crippen LogP contribution in [0.25, 0.3) is 0 Å². The van der Waals surface area contributed by atoms with Crippen molar-refractivity contribution >= 4 is 11.8 Å². The van der Waals surface area contributed by atoms with E-state index in [2.05, 4.69) is 29.6 Å². The molecular formula is C20H29N3O4. The number of hydrogen-bond donors (Lipinski definition) is 2. The zero-order chi connectivity index (χ0) is 19.2. The van der Waals surface area contributed by atoms with Crippen LogP contribution >= 0.6 is 0 Å². The van der Waals surface area contributed by atoms with Gasteiger partial charge in [0.05, 0.1) is 6.10 Å². The number of amides is 2. The van der Waals surface area contributed by atoms with Crippen LogP contribution in [0.5, 0.6) is 0 Å². The normalized spacial score (nSPS) is 36.3. The van der Waals surface area contributed by atoms with Gasteiger partial charge < -0.3 is 19.9 Å². The third-order valence-electron chi connectivity index (χ3n) is 7.36. The summed E-state index contributed by atoms with van der Waals surface area (Å²) in [7, 11) is 0. The molecule has 3 fully saturated rings. The fourth-order valence-corrected chi connectivity index (χ4v) is 6.15. The van der Waals surface area contributed by atoms with Crippen molar-refractivity contribution in [1.82, 2.24) is 15.8 Å². The van der Waals surface area contributed by atoms with E-state index in [9.17, 15) is 9.59 Å². The molecule has 2 N–H and O–H groups in total. The molecule has 7 heteroatoms. The monoisotopic (exact) mass is 375 g/mol. The lowest BCUT2D eigenvalue weighted by Gasteiger charge is -2.53. The summed E-state index contributed by atoms with van der Waals surface area (Å²) in [6.45, 7) is 7.47. The first-order valence-corrected chi connectivity index (χ1v) is 9.92. The molecule has 2 saturated carbocycles. The number of aromatic nitrogens is 1. The van der Waals surface area contributed by atoms with Gasteiger partial charge in [0.15, 0.2) is 5.69 Å². The lowest BCUT2D eigenvalue weighted by molar-refractivity contribution is -0.135. The van der Waals surface area contributed by atoms with Crippen LogP contribution in [0.2, 0.25) is 0 Å². The molecule has 2 aliphatic carbocycles. The molecule has 7 nitrogen and oxygen atoms in total. The van der Waals surface area contributed by atoms with Gasteiger partial charge in [-0.25, -0.2) is 0 Å². The Kier molecular flexibility index (Phi) is 4.53. The Labute approximate surface area is 159 Å². The van der Waals surface area contributed by atoms with E-state index in [1.54, 1.807) is 13.0 Å². The van der Waals surface area contributed by atoms with Gasteiger partial charge >= 0.3 is 0 Å². The fraction of sp³-hybridized carbons (Fsp3) is 0.750. The Morgan fingerprint density at radius 2 is 2.19 bits per heavy atom. The van der Waals surface area contributed by atoms with Crippen molar-refractivity contribution < 1.29 is 18.8 Å². The third kappa shape index (κ3) is 2.96. The number of carbonyl (C=O) groups is 2. The molecule has 0 aromatic carbocycles. The Morgan fingerprint density at radius 1 is 1.37 bits per heavy atom. The van der Waals surface area contributed by atoms with Gasteiger partial charge in [-0.15, -0.1) is 0 Å². The number of fused-ring (bicyclic) bond motifs is 1. The van der Waals surface area contributed by atoms with Crippen LogP contribution in [0, 0.1) is 22.7 Å². The minimum Gasteiger partial charge on any atom is -0.378 e. The molecule has 2 heterocycles. The highest BCUT2D eigenvalue weighted by atomic mass is 16.5. The number of nitrogens with zero attached hydrogens (tertiary/aromatic N) is 1. The molecule has 2 amide bonds. The molecular weight excluding hydrogens is 346 g/mol. The van der Waals surface area contributed by atoms with Crippen LogP contribution in [0.15, 0.2) is 16.9 Å². The molecule has 4 rings (SSSR count). The molecule has 3 aliphatic rings. The van der Waals surface area contributed by atoms with Crippen molar-refractivity contribution in [2.75, 3.05) is 13.2 Å². The largest absolute Gasteiger partial charge is 0.378 e. The van der Waals surface area contributed by atoms with E-state index in [4.69, 9.17) is 9.26 Å². The lowest BCUT2D eigenvalue weighted by Crippen LogP contribution is -2.60. The van der Waals surface area contributed by atoms with Gasteiger partial charge in [0.25, 0.3) is 5.91 Å². The van der Waals surface area contributed by atoms with Crippen LogP contribution in [0.3, 0.4) is 0 Å². The maximum absolute atomic E-state index is 12.0. The third-order valence-corrected chi connectivity index (χ3v) is 7.36. The molecule has 1 aromatic heterocycles. The van der Waals surface area contributed by atoms with E-state index in [0.29, 0.717) is 24.1 Å². The van der Waals surface area contributed by atoms with E-state index in [0.717, 1.165) is 25.9 Å². The van der Waals surface area contributed by atoms with Crippen molar-refractivity contribution in [2.45, 2.75) is 58.6 Å².